The first-order valence-corrected chi connectivity index (χ1v) is 11.1. The van der Waals surface area contributed by atoms with Crippen LogP contribution in [0.2, 0.25) is 0 Å². The van der Waals surface area contributed by atoms with E-state index in [9.17, 15) is 18.0 Å². The third-order valence-electron chi connectivity index (χ3n) is 5.60. The number of carbonyl (C=O) groups is 2. The van der Waals surface area contributed by atoms with Crippen LogP contribution in [0.5, 0.6) is 0 Å². The molecule has 5 rings (SSSR count). The van der Waals surface area contributed by atoms with E-state index in [1.54, 1.807) is 6.20 Å². The molecule has 37 heavy (non-hydrogen) atoms. The Morgan fingerprint density at radius 1 is 0.892 bits per heavy atom. The molecule has 0 radical (unpaired) electrons. The highest BCUT2D eigenvalue weighted by Crippen LogP contribution is 2.32. The fourth-order valence-corrected chi connectivity index (χ4v) is 3.76. The number of aryl methyl sites for hydroxylation is 1. The van der Waals surface area contributed by atoms with Gasteiger partial charge in [0.15, 0.2) is 0 Å². The van der Waals surface area contributed by atoms with Crippen molar-refractivity contribution in [3.8, 4) is 22.3 Å². The number of H-pyrrole nitrogens is 1. The minimum absolute atomic E-state index is 0.140. The third-order valence-corrected chi connectivity index (χ3v) is 5.60. The Labute approximate surface area is 208 Å². The summed E-state index contributed by atoms with van der Waals surface area (Å²) < 4.78 is 31.7. The van der Waals surface area contributed by atoms with Crippen LogP contribution in [-0.2, 0) is 16.0 Å². The van der Waals surface area contributed by atoms with Crippen LogP contribution < -0.4 is 0 Å². The molecule has 0 spiro atoms. The number of halogens is 3. The van der Waals surface area contributed by atoms with E-state index in [0.29, 0.717) is 6.42 Å². The number of nitrogens with zero attached hydrogens (tertiary/aromatic N) is 2. The van der Waals surface area contributed by atoms with Gasteiger partial charge in [0.25, 0.3) is 0 Å². The van der Waals surface area contributed by atoms with E-state index in [1.165, 1.54) is 0 Å². The Morgan fingerprint density at radius 3 is 2.27 bits per heavy atom. The Morgan fingerprint density at radius 2 is 1.59 bits per heavy atom. The zero-order valence-electron chi connectivity index (χ0n) is 19.2. The van der Waals surface area contributed by atoms with Crippen molar-refractivity contribution in [1.29, 1.82) is 0 Å². The van der Waals surface area contributed by atoms with Gasteiger partial charge in [0.2, 0.25) is 0 Å². The first-order valence-electron chi connectivity index (χ1n) is 11.1. The minimum atomic E-state index is -5.08. The number of rotatable bonds is 5. The fraction of sp³-hybridized carbons (Fsp3) is 0.111. The Bertz CT molecular complexity index is 1580. The monoisotopic (exact) mass is 507 g/mol. The van der Waals surface area contributed by atoms with Crippen molar-refractivity contribution in [3.05, 3.63) is 84.8 Å². The van der Waals surface area contributed by atoms with Crippen molar-refractivity contribution in [2.45, 2.75) is 19.0 Å². The fourth-order valence-electron chi connectivity index (χ4n) is 3.76. The topological polar surface area (TPSA) is 116 Å². The first kappa shape index (κ1) is 25.4. The lowest BCUT2D eigenvalue weighted by Crippen LogP contribution is -2.21. The zero-order chi connectivity index (χ0) is 26.6. The maximum absolute atomic E-state index is 10.8. The van der Waals surface area contributed by atoms with Gasteiger partial charge in [-0.1, -0.05) is 36.4 Å². The summed E-state index contributed by atoms with van der Waals surface area (Å²) in [6.07, 6.45) is 1.24. The summed E-state index contributed by atoms with van der Waals surface area (Å²) in [5.41, 5.74) is 7.12. The van der Waals surface area contributed by atoms with E-state index in [4.69, 9.17) is 15.0 Å². The van der Waals surface area contributed by atoms with Crippen molar-refractivity contribution >= 4 is 33.9 Å². The van der Waals surface area contributed by atoms with Gasteiger partial charge < -0.3 is 15.2 Å². The lowest BCUT2D eigenvalue weighted by atomic mass is 10.00. The summed E-state index contributed by atoms with van der Waals surface area (Å²) in [6, 6.07) is 20.4. The molecule has 3 heterocycles. The van der Waals surface area contributed by atoms with E-state index >= 15 is 0 Å². The Kier molecular flexibility index (Phi) is 7.19. The molecule has 2 aromatic carbocycles. The van der Waals surface area contributed by atoms with E-state index in [2.05, 4.69) is 39.2 Å². The number of alkyl halides is 3. The molecule has 0 aliphatic carbocycles. The largest absolute Gasteiger partial charge is 0.490 e. The van der Waals surface area contributed by atoms with Gasteiger partial charge in [-0.2, -0.15) is 13.2 Å². The second-order valence-corrected chi connectivity index (χ2v) is 8.13. The standard InChI is InChI=1S/C25H19N3O2.C2HF3O2/c29-24(30)10-5-16-3-6-17(7-4-16)22-15-28-25-21(22)13-20(14-27-25)18-8-9-23-19(12-18)2-1-11-26-23;3-2(4,5)1(6)7/h1-4,6-9,11-15H,5,10H2,(H,27,28)(H,29,30);(H,6,7). The molecule has 0 bridgehead atoms. The summed E-state index contributed by atoms with van der Waals surface area (Å²) in [4.78, 5) is 31.9. The lowest BCUT2D eigenvalue weighted by molar-refractivity contribution is -0.192. The Hall–Kier alpha value is -4.73. The van der Waals surface area contributed by atoms with Crippen molar-refractivity contribution in [2.24, 2.45) is 0 Å². The molecule has 0 unspecified atom stereocenters. The van der Waals surface area contributed by atoms with Gasteiger partial charge in [-0.3, -0.25) is 9.78 Å². The van der Waals surface area contributed by atoms with Gasteiger partial charge in [0.05, 0.1) is 5.52 Å². The summed E-state index contributed by atoms with van der Waals surface area (Å²) in [6.45, 7) is 0. The van der Waals surface area contributed by atoms with Gasteiger partial charge in [-0.15, -0.1) is 0 Å². The van der Waals surface area contributed by atoms with E-state index in [1.807, 2.05) is 48.8 Å². The molecule has 0 aliphatic rings. The van der Waals surface area contributed by atoms with E-state index < -0.39 is 18.1 Å². The molecule has 0 atom stereocenters. The average molecular weight is 507 g/mol. The van der Waals surface area contributed by atoms with Crippen molar-refractivity contribution in [3.63, 3.8) is 0 Å². The maximum Gasteiger partial charge on any atom is 0.490 e. The quantitative estimate of drug-likeness (QED) is 0.265. The van der Waals surface area contributed by atoms with Gasteiger partial charge in [-0.25, -0.2) is 9.78 Å². The number of hydrogen-bond acceptors (Lipinski definition) is 4. The molecule has 5 aromatic rings. The van der Waals surface area contributed by atoms with Crippen LogP contribution in [-0.4, -0.2) is 43.3 Å². The molecule has 3 N–H and O–H groups in total. The Balaban J connectivity index is 0.000000405. The second-order valence-electron chi connectivity index (χ2n) is 8.13. The average Bonchev–Trinajstić information content (AvgIpc) is 3.30. The van der Waals surface area contributed by atoms with Crippen LogP contribution in [0.3, 0.4) is 0 Å². The number of fused-ring (bicyclic) bond motifs is 2. The molecule has 0 saturated carbocycles. The van der Waals surface area contributed by atoms with Crippen molar-refractivity contribution in [1.82, 2.24) is 15.0 Å². The molecular weight excluding hydrogens is 487 g/mol. The number of carboxylic acids is 2. The SMILES string of the molecule is O=C(O)C(F)(F)F.O=C(O)CCc1ccc(-c2c[nH]c3ncc(-c4ccc5ncccc5c4)cc23)cc1. The normalized spacial score (nSPS) is 11.2. The van der Waals surface area contributed by atoms with Crippen LogP contribution in [0.15, 0.2) is 79.3 Å². The predicted octanol–water partition coefficient (Wildman–Crippen LogP) is 6.10. The first-order chi connectivity index (χ1) is 17.6. The van der Waals surface area contributed by atoms with Crippen LogP contribution >= 0.6 is 0 Å². The molecular formula is C27H20F3N3O4. The molecule has 7 nitrogen and oxygen atoms in total. The number of nitrogens with one attached hydrogen (secondary N) is 1. The molecule has 0 aliphatic heterocycles. The second kappa shape index (κ2) is 10.5. The molecule has 10 heteroatoms. The number of carboxylic acid groups (broad SMARTS) is 2. The van der Waals surface area contributed by atoms with Crippen LogP contribution in [0.1, 0.15) is 12.0 Å². The molecule has 0 amide bonds. The third kappa shape index (κ3) is 6.10. The predicted molar refractivity (Wildman–Crippen MR) is 132 cm³/mol. The van der Waals surface area contributed by atoms with Gasteiger partial charge in [0.1, 0.15) is 5.65 Å². The minimum Gasteiger partial charge on any atom is -0.481 e. The molecule has 0 saturated heterocycles. The highest BCUT2D eigenvalue weighted by atomic mass is 19.4. The number of benzene rings is 2. The molecule has 3 aromatic heterocycles. The number of pyridine rings is 2. The number of hydrogen-bond donors (Lipinski definition) is 3. The number of aromatic amines is 1. The van der Waals surface area contributed by atoms with Gasteiger partial charge >= 0.3 is 18.1 Å². The van der Waals surface area contributed by atoms with Crippen molar-refractivity contribution < 1.29 is 33.0 Å². The summed E-state index contributed by atoms with van der Waals surface area (Å²) in [5, 5.41) is 18.1. The van der Waals surface area contributed by atoms with Gasteiger partial charge in [0, 0.05) is 46.9 Å². The smallest absolute Gasteiger partial charge is 0.481 e. The molecule has 188 valence electrons. The van der Waals surface area contributed by atoms with Crippen LogP contribution in [0, 0.1) is 0 Å². The highest BCUT2D eigenvalue weighted by molar-refractivity contribution is 5.96. The highest BCUT2D eigenvalue weighted by Gasteiger charge is 2.38. The molecule has 0 fully saturated rings. The number of aliphatic carboxylic acids is 2. The van der Waals surface area contributed by atoms with Crippen molar-refractivity contribution in [2.75, 3.05) is 0 Å². The lowest BCUT2D eigenvalue weighted by Gasteiger charge is -2.06. The maximum atomic E-state index is 10.8. The van der Waals surface area contributed by atoms with Gasteiger partial charge in [-0.05, 0) is 47.4 Å². The summed E-state index contributed by atoms with van der Waals surface area (Å²) in [7, 11) is 0. The van der Waals surface area contributed by atoms with Crippen LogP contribution in [0.4, 0.5) is 13.2 Å². The van der Waals surface area contributed by atoms with Crippen LogP contribution in [0.25, 0.3) is 44.2 Å². The van der Waals surface area contributed by atoms with E-state index in [-0.39, 0.29) is 6.42 Å². The summed E-state index contributed by atoms with van der Waals surface area (Å²) >= 11 is 0. The number of aromatic nitrogens is 3. The zero-order valence-corrected chi connectivity index (χ0v) is 19.2. The van der Waals surface area contributed by atoms with E-state index in [0.717, 1.165) is 49.8 Å². The summed E-state index contributed by atoms with van der Waals surface area (Å²) in [5.74, 6) is -3.54.